The van der Waals surface area contributed by atoms with E-state index in [4.69, 9.17) is 14.2 Å². The summed E-state index contributed by atoms with van der Waals surface area (Å²) in [7, 11) is 4.83. The van der Waals surface area contributed by atoms with E-state index in [2.05, 4.69) is 6.92 Å². The first-order chi connectivity index (χ1) is 17.0. The number of nitrogens with zero attached hydrogens (tertiary/aromatic N) is 2. The summed E-state index contributed by atoms with van der Waals surface area (Å²) in [5, 5.41) is 2.01. The highest BCUT2D eigenvalue weighted by Gasteiger charge is 2.22. The van der Waals surface area contributed by atoms with E-state index in [0.29, 0.717) is 50.6 Å². The minimum atomic E-state index is -0.0584. The molecule has 1 heterocycles. The largest absolute Gasteiger partial charge is 0.493 e. The first kappa shape index (κ1) is 28.7. The zero-order valence-corrected chi connectivity index (χ0v) is 22.4. The molecule has 2 aromatic rings. The summed E-state index contributed by atoms with van der Waals surface area (Å²) in [5.41, 5.74) is 1.05. The number of amides is 2. The van der Waals surface area contributed by atoms with E-state index in [1.54, 1.807) is 37.6 Å². The van der Waals surface area contributed by atoms with Crippen molar-refractivity contribution in [1.29, 1.82) is 0 Å². The van der Waals surface area contributed by atoms with Crippen molar-refractivity contribution in [2.24, 2.45) is 0 Å². The van der Waals surface area contributed by atoms with Crippen LogP contribution in [0.25, 0.3) is 0 Å². The Hall–Kier alpha value is -2.58. The maximum Gasteiger partial charge on any atom is 0.242 e. The van der Waals surface area contributed by atoms with Gasteiger partial charge in [-0.15, -0.1) is 11.3 Å². The fourth-order valence-electron chi connectivity index (χ4n) is 3.80. The number of thiophene rings is 1. The molecule has 0 bridgehead atoms. The van der Waals surface area contributed by atoms with Crippen LogP contribution in [0.1, 0.15) is 49.5 Å². The number of unbranched alkanes of at least 4 members (excludes halogenated alkanes) is 3. The molecule has 194 valence electrons. The zero-order valence-electron chi connectivity index (χ0n) is 21.6. The summed E-state index contributed by atoms with van der Waals surface area (Å²) in [6.07, 6.45) is 5.26. The molecule has 0 saturated carbocycles. The van der Waals surface area contributed by atoms with Crippen molar-refractivity contribution in [1.82, 2.24) is 9.80 Å². The van der Waals surface area contributed by atoms with Crippen molar-refractivity contribution >= 4 is 23.2 Å². The molecule has 0 aliphatic heterocycles. The van der Waals surface area contributed by atoms with Crippen molar-refractivity contribution in [2.45, 2.75) is 52.0 Å². The third kappa shape index (κ3) is 9.90. The second kappa shape index (κ2) is 16.2. The topological polar surface area (TPSA) is 68.3 Å². The summed E-state index contributed by atoms with van der Waals surface area (Å²) in [4.78, 5) is 30.9. The van der Waals surface area contributed by atoms with E-state index in [9.17, 15) is 9.59 Å². The molecule has 1 aromatic heterocycles. The normalized spacial score (nSPS) is 10.7. The molecule has 0 spiro atoms. The lowest BCUT2D eigenvalue weighted by Crippen LogP contribution is -2.44. The molecule has 1 aromatic carbocycles. The monoisotopic (exact) mass is 504 g/mol. The van der Waals surface area contributed by atoms with Gasteiger partial charge in [-0.3, -0.25) is 9.59 Å². The van der Waals surface area contributed by atoms with Crippen LogP contribution in [-0.4, -0.2) is 69.2 Å². The number of carbonyl (C=O) groups excluding carboxylic acids is 2. The molecule has 7 nitrogen and oxygen atoms in total. The van der Waals surface area contributed by atoms with Crippen molar-refractivity contribution in [3.05, 3.63) is 46.2 Å². The predicted octanol–water partition coefficient (Wildman–Crippen LogP) is 4.78. The van der Waals surface area contributed by atoms with E-state index in [1.807, 2.05) is 40.6 Å². The average molecular weight is 505 g/mol. The van der Waals surface area contributed by atoms with E-state index < -0.39 is 0 Å². The zero-order chi connectivity index (χ0) is 25.5. The molecule has 2 rings (SSSR count). The molecule has 0 aliphatic rings. The van der Waals surface area contributed by atoms with E-state index in [-0.39, 0.29) is 18.4 Å². The Morgan fingerprint density at radius 3 is 2.37 bits per heavy atom. The molecule has 0 unspecified atom stereocenters. The Morgan fingerprint density at radius 2 is 1.71 bits per heavy atom. The van der Waals surface area contributed by atoms with Crippen LogP contribution in [0, 0.1) is 0 Å². The smallest absolute Gasteiger partial charge is 0.242 e. The minimum absolute atomic E-state index is 0.0162. The maximum absolute atomic E-state index is 13.4. The standard InChI is InChI=1S/C27H40N2O5S/c1-5-6-7-8-11-26(30)29(16-17-32-2)21-27(31)28(20-23-10-9-18-35-23)15-14-22-12-13-24(33-3)25(19-22)34-4/h9-10,12-13,18-19H,5-8,11,14-17,20-21H2,1-4H3. The van der Waals surface area contributed by atoms with Gasteiger partial charge in [-0.1, -0.05) is 38.3 Å². The van der Waals surface area contributed by atoms with Gasteiger partial charge in [0, 0.05) is 31.5 Å². The Kier molecular flexibility index (Phi) is 13.2. The van der Waals surface area contributed by atoms with Gasteiger partial charge < -0.3 is 24.0 Å². The van der Waals surface area contributed by atoms with Gasteiger partial charge in [0.25, 0.3) is 0 Å². The van der Waals surface area contributed by atoms with Gasteiger partial charge in [0.05, 0.1) is 33.9 Å². The summed E-state index contributed by atoms with van der Waals surface area (Å²) in [5.74, 6) is 1.30. The van der Waals surface area contributed by atoms with Gasteiger partial charge in [0.1, 0.15) is 0 Å². The average Bonchev–Trinajstić information content (AvgIpc) is 3.39. The Bertz CT molecular complexity index is 888. The summed E-state index contributed by atoms with van der Waals surface area (Å²) in [6.45, 7) is 4.09. The molecule has 0 saturated heterocycles. The second-order valence-corrected chi connectivity index (χ2v) is 9.48. The van der Waals surface area contributed by atoms with Crippen LogP contribution in [0.5, 0.6) is 11.5 Å². The van der Waals surface area contributed by atoms with Crippen molar-refractivity contribution in [3.8, 4) is 11.5 Å². The van der Waals surface area contributed by atoms with Crippen molar-refractivity contribution in [3.63, 3.8) is 0 Å². The third-order valence-corrected chi connectivity index (χ3v) is 6.75. The molecule has 0 radical (unpaired) electrons. The Balaban J connectivity index is 2.09. The van der Waals surface area contributed by atoms with E-state index >= 15 is 0 Å². The first-order valence-electron chi connectivity index (χ1n) is 12.3. The molecule has 8 heteroatoms. The van der Waals surface area contributed by atoms with E-state index in [1.165, 1.54) is 0 Å². The van der Waals surface area contributed by atoms with Gasteiger partial charge in [0.2, 0.25) is 11.8 Å². The number of rotatable bonds is 17. The highest BCUT2D eigenvalue weighted by Crippen LogP contribution is 2.28. The lowest BCUT2D eigenvalue weighted by Gasteiger charge is -2.27. The van der Waals surface area contributed by atoms with Crippen LogP contribution in [0.15, 0.2) is 35.7 Å². The Morgan fingerprint density at radius 1 is 0.914 bits per heavy atom. The van der Waals surface area contributed by atoms with Gasteiger partial charge in [0.15, 0.2) is 11.5 Å². The van der Waals surface area contributed by atoms with Gasteiger partial charge >= 0.3 is 0 Å². The van der Waals surface area contributed by atoms with Crippen molar-refractivity contribution in [2.75, 3.05) is 47.6 Å². The summed E-state index contributed by atoms with van der Waals surface area (Å²) in [6, 6.07) is 9.82. The highest BCUT2D eigenvalue weighted by molar-refractivity contribution is 7.09. The van der Waals surface area contributed by atoms with Crippen LogP contribution >= 0.6 is 11.3 Å². The van der Waals surface area contributed by atoms with Gasteiger partial charge in [-0.25, -0.2) is 0 Å². The highest BCUT2D eigenvalue weighted by atomic mass is 32.1. The number of methoxy groups -OCH3 is 3. The molecule has 0 N–H and O–H groups in total. The SMILES string of the molecule is CCCCCCC(=O)N(CCOC)CC(=O)N(CCc1ccc(OC)c(OC)c1)Cc1cccs1. The molecular weight excluding hydrogens is 464 g/mol. The molecule has 2 amide bonds. The predicted molar refractivity (Wildman–Crippen MR) is 140 cm³/mol. The lowest BCUT2D eigenvalue weighted by molar-refractivity contribution is -0.141. The number of ether oxygens (including phenoxy) is 3. The number of carbonyl (C=O) groups is 2. The molecule has 0 fully saturated rings. The Labute approximate surface area is 214 Å². The lowest BCUT2D eigenvalue weighted by atomic mass is 10.1. The van der Waals surface area contributed by atoms with Gasteiger partial charge in [-0.05, 0) is 42.0 Å². The van der Waals surface area contributed by atoms with Crippen LogP contribution in [0.3, 0.4) is 0 Å². The number of hydrogen-bond acceptors (Lipinski definition) is 6. The first-order valence-corrected chi connectivity index (χ1v) is 13.2. The minimum Gasteiger partial charge on any atom is -0.493 e. The quantitative estimate of drug-likeness (QED) is 0.290. The third-order valence-electron chi connectivity index (χ3n) is 5.89. The molecule has 0 aliphatic carbocycles. The van der Waals surface area contributed by atoms with E-state index in [0.717, 1.165) is 36.1 Å². The van der Waals surface area contributed by atoms with Crippen LogP contribution in [-0.2, 0) is 27.3 Å². The van der Waals surface area contributed by atoms with Crippen LogP contribution in [0.2, 0.25) is 0 Å². The summed E-state index contributed by atoms with van der Waals surface area (Å²) >= 11 is 1.63. The molecule has 0 atom stereocenters. The molecular formula is C27H40N2O5S. The van der Waals surface area contributed by atoms with Crippen LogP contribution in [0.4, 0.5) is 0 Å². The summed E-state index contributed by atoms with van der Waals surface area (Å²) < 4.78 is 15.9. The molecule has 35 heavy (non-hydrogen) atoms. The number of benzene rings is 1. The fraction of sp³-hybridized carbons (Fsp3) is 0.556. The van der Waals surface area contributed by atoms with Gasteiger partial charge in [-0.2, -0.15) is 0 Å². The second-order valence-electron chi connectivity index (χ2n) is 8.45. The van der Waals surface area contributed by atoms with Crippen LogP contribution < -0.4 is 9.47 Å². The van der Waals surface area contributed by atoms with Crippen molar-refractivity contribution < 1.29 is 23.8 Å². The number of hydrogen-bond donors (Lipinski definition) is 0. The maximum atomic E-state index is 13.4. The fourth-order valence-corrected chi connectivity index (χ4v) is 4.52.